The van der Waals surface area contributed by atoms with Crippen molar-refractivity contribution in [2.75, 3.05) is 0 Å². The fourth-order valence-electron chi connectivity index (χ4n) is 4.46. The molecule has 6 heteroatoms. The van der Waals surface area contributed by atoms with Crippen molar-refractivity contribution in [3.05, 3.63) is 96.0 Å². The van der Waals surface area contributed by atoms with Gasteiger partial charge in [0, 0.05) is 33.5 Å². The van der Waals surface area contributed by atoms with Gasteiger partial charge in [0.15, 0.2) is 0 Å². The van der Waals surface area contributed by atoms with Crippen LogP contribution in [0.3, 0.4) is 0 Å². The molecule has 0 aliphatic carbocycles. The number of para-hydroxylation sites is 1. The lowest BCUT2D eigenvalue weighted by Gasteiger charge is -2.09. The van der Waals surface area contributed by atoms with E-state index < -0.39 is 0 Å². The first-order chi connectivity index (χ1) is 16.4. The third kappa shape index (κ3) is 2.92. The van der Waals surface area contributed by atoms with Crippen LogP contribution >= 0.6 is 22.7 Å². The molecule has 0 radical (unpaired) electrons. The van der Waals surface area contributed by atoms with Crippen LogP contribution in [0.5, 0.6) is 0 Å². The Labute approximate surface area is 197 Å². The van der Waals surface area contributed by atoms with Crippen molar-refractivity contribution in [3.63, 3.8) is 0 Å². The van der Waals surface area contributed by atoms with Crippen molar-refractivity contribution in [1.29, 1.82) is 0 Å². The zero-order valence-electron chi connectivity index (χ0n) is 17.3. The van der Waals surface area contributed by atoms with Crippen molar-refractivity contribution in [1.82, 2.24) is 19.5 Å². The predicted molar refractivity (Wildman–Crippen MR) is 138 cm³/mol. The Morgan fingerprint density at radius 3 is 2.52 bits per heavy atom. The summed E-state index contributed by atoms with van der Waals surface area (Å²) in [6, 6.07) is 27.3. The molecule has 2 aromatic carbocycles. The number of hydrogen-bond donors (Lipinski definition) is 0. The van der Waals surface area contributed by atoms with Gasteiger partial charge in [0.25, 0.3) is 0 Å². The van der Waals surface area contributed by atoms with Crippen molar-refractivity contribution >= 4 is 54.0 Å². The highest BCUT2D eigenvalue weighted by Gasteiger charge is 2.16. The number of benzene rings is 2. The van der Waals surface area contributed by atoms with Gasteiger partial charge in [-0.3, -0.25) is 9.55 Å². The molecule has 5 aromatic heterocycles. The van der Waals surface area contributed by atoms with Crippen molar-refractivity contribution in [2.45, 2.75) is 0 Å². The fraction of sp³-hybridized carbons (Fsp3) is 0. The van der Waals surface area contributed by atoms with Gasteiger partial charge in [0.05, 0.1) is 27.9 Å². The normalized spacial score (nSPS) is 11.6. The van der Waals surface area contributed by atoms with E-state index in [2.05, 4.69) is 80.6 Å². The summed E-state index contributed by atoms with van der Waals surface area (Å²) < 4.78 is 3.49. The molecule has 0 fully saturated rings. The lowest BCUT2D eigenvalue weighted by atomic mass is 10.1. The number of thiazole rings is 1. The molecular formula is C27H16N4S2. The predicted octanol–water partition coefficient (Wildman–Crippen LogP) is 7.58. The summed E-state index contributed by atoms with van der Waals surface area (Å²) in [5, 5.41) is 4.57. The quantitative estimate of drug-likeness (QED) is 0.273. The summed E-state index contributed by atoms with van der Waals surface area (Å²) in [6.45, 7) is 0. The smallest absolute Gasteiger partial charge is 0.138 e. The second-order valence-corrected chi connectivity index (χ2v) is 9.81. The summed E-state index contributed by atoms with van der Waals surface area (Å²) in [5.41, 5.74) is 9.28. The first-order valence-electron chi connectivity index (χ1n) is 10.6. The second kappa shape index (κ2) is 7.33. The highest BCUT2D eigenvalue weighted by atomic mass is 32.2. The van der Waals surface area contributed by atoms with E-state index in [0.717, 1.165) is 44.9 Å². The highest BCUT2D eigenvalue weighted by molar-refractivity contribution is 7.36. The zero-order valence-corrected chi connectivity index (χ0v) is 19.0. The molecular weight excluding hydrogens is 444 g/mol. The Kier molecular flexibility index (Phi) is 4.15. The maximum Gasteiger partial charge on any atom is 0.138 e. The van der Waals surface area contributed by atoms with Crippen LogP contribution in [-0.4, -0.2) is 19.5 Å². The Bertz CT molecular complexity index is 1780. The summed E-state index contributed by atoms with van der Waals surface area (Å²) >= 11 is 3.40. The molecule has 0 N–H and O–H groups in total. The van der Waals surface area contributed by atoms with Crippen LogP contribution in [0.15, 0.2) is 96.0 Å². The number of rotatable bonds is 3. The topological polar surface area (TPSA) is 43.6 Å². The summed E-state index contributed by atoms with van der Waals surface area (Å²) in [6.07, 6.45) is 1.83. The Morgan fingerprint density at radius 1 is 0.697 bits per heavy atom. The van der Waals surface area contributed by atoms with Gasteiger partial charge in [-0.1, -0.05) is 42.5 Å². The zero-order chi connectivity index (χ0) is 21.8. The van der Waals surface area contributed by atoms with E-state index in [4.69, 9.17) is 4.98 Å². The monoisotopic (exact) mass is 460 g/mol. The third-order valence-corrected chi connectivity index (χ3v) is 7.90. The summed E-state index contributed by atoms with van der Waals surface area (Å²) in [7, 11) is 0. The molecule has 0 aliphatic rings. The lowest BCUT2D eigenvalue weighted by molar-refractivity contribution is 1.08. The molecule has 7 rings (SSSR count). The molecule has 0 amide bonds. The molecule has 0 bridgehead atoms. The molecule has 7 aromatic rings. The van der Waals surface area contributed by atoms with Crippen LogP contribution in [0.4, 0.5) is 0 Å². The van der Waals surface area contributed by atoms with E-state index in [1.807, 2.05) is 29.9 Å². The van der Waals surface area contributed by atoms with Crippen molar-refractivity contribution in [3.8, 4) is 28.3 Å². The van der Waals surface area contributed by atoms with Gasteiger partial charge in [-0.05, 0) is 36.4 Å². The highest BCUT2D eigenvalue weighted by Crippen LogP contribution is 2.37. The van der Waals surface area contributed by atoms with Crippen LogP contribution in [0.25, 0.3) is 59.7 Å². The van der Waals surface area contributed by atoms with Crippen molar-refractivity contribution < 1.29 is 0 Å². The maximum absolute atomic E-state index is 5.11. The van der Waals surface area contributed by atoms with E-state index in [1.165, 1.54) is 14.8 Å². The Balaban J connectivity index is 1.50. The maximum atomic E-state index is 5.11. The summed E-state index contributed by atoms with van der Waals surface area (Å²) in [4.78, 5) is 14.2. The molecule has 0 unspecified atom stereocenters. The van der Waals surface area contributed by atoms with Gasteiger partial charge in [-0.25, -0.2) is 9.97 Å². The van der Waals surface area contributed by atoms with Crippen LogP contribution < -0.4 is 0 Å². The minimum Gasteiger partial charge on any atom is -0.294 e. The minimum atomic E-state index is 0.895. The largest absolute Gasteiger partial charge is 0.294 e. The number of aromatic nitrogens is 4. The first-order valence-corrected chi connectivity index (χ1v) is 12.4. The molecule has 0 spiro atoms. The Hall–Kier alpha value is -3.87. The average molecular weight is 461 g/mol. The van der Waals surface area contributed by atoms with Gasteiger partial charge in [0.2, 0.25) is 0 Å². The number of thiophene rings is 1. The minimum absolute atomic E-state index is 0.895. The molecule has 5 heterocycles. The van der Waals surface area contributed by atoms with E-state index in [1.54, 1.807) is 22.7 Å². The molecule has 0 aliphatic heterocycles. The standard InChI is InChI=1S/C27H16N4S2/c1-2-9-23-18(6-1)19-12-11-17(21-7-3-4-13-28-21)14-24(19)31(23)25-10-5-8-22(30-25)20-15-32-27-26(20)29-16-33-27/h1-16H. The van der Waals surface area contributed by atoms with Crippen LogP contribution in [0, 0.1) is 0 Å². The van der Waals surface area contributed by atoms with E-state index >= 15 is 0 Å². The van der Waals surface area contributed by atoms with Crippen LogP contribution in [-0.2, 0) is 0 Å². The molecule has 0 saturated heterocycles. The first kappa shape index (κ1) is 18.7. The summed E-state index contributed by atoms with van der Waals surface area (Å²) in [5.74, 6) is 0.895. The number of fused-ring (bicyclic) bond motifs is 4. The van der Waals surface area contributed by atoms with Gasteiger partial charge in [-0.15, -0.1) is 22.7 Å². The van der Waals surface area contributed by atoms with E-state index in [0.29, 0.717) is 0 Å². The fourth-order valence-corrected chi connectivity index (χ4v) is 6.21. The molecule has 0 saturated carbocycles. The van der Waals surface area contributed by atoms with Crippen LogP contribution in [0.2, 0.25) is 0 Å². The van der Waals surface area contributed by atoms with Crippen molar-refractivity contribution in [2.24, 2.45) is 0 Å². The molecule has 156 valence electrons. The lowest BCUT2D eigenvalue weighted by Crippen LogP contribution is -1.98. The molecule has 33 heavy (non-hydrogen) atoms. The number of pyridine rings is 2. The Morgan fingerprint density at radius 2 is 1.58 bits per heavy atom. The third-order valence-electron chi connectivity index (χ3n) is 5.95. The van der Waals surface area contributed by atoms with Gasteiger partial charge in [0.1, 0.15) is 15.3 Å². The van der Waals surface area contributed by atoms with E-state index in [9.17, 15) is 0 Å². The molecule has 0 atom stereocenters. The van der Waals surface area contributed by atoms with Crippen LogP contribution in [0.1, 0.15) is 0 Å². The number of nitrogens with zero attached hydrogens (tertiary/aromatic N) is 4. The molecule has 4 nitrogen and oxygen atoms in total. The van der Waals surface area contributed by atoms with Gasteiger partial charge < -0.3 is 0 Å². The second-order valence-electron chi connectivity index (χ2n) is 7.82. The van der Waals surface area contributed by atoms with Gasteiger partial charge in [-0.2, -0.15) is 0 Å². The van der Waals surface area contributed by atoms with Gasteiger partial charge >= 0.3 is 0 Å². The van der Waals surface area contributed by atoms with E-state index in [-0.39, 0.29) is 0 Å². The number of hydrogen-bond acceptors (Lipinski definition) is 5. The average Bonchev–Trinajstić information content (AvgIpc) is 3.57. The SMILES string of the molecule is c1ccc(-c2ccc3c4ccccc4n(-c4cccc(-c5csc6scnc56)n4)c3c2)nc1.